The Kier molecular flexibility index (Phi) is 3.18. The number of nitrogens with zero attached hydrogens (tertiary/aromatic N) is 4. The molecule has 2 rings (SSSR count). The number of nitrogens with one attached hydrogen (secondary N) is 1. The van der Waals surface area contributed by atoms with E-state index in [1.54, 1.807) is 21.6 Å². The van der Waals surface area contributed by atoms with Crippen LogP contribution in [0.15, 0.2) is 12.3 Å². The number of carbonyl (C=O) groups is 1. The van der Waals surface area contributed by atoms with Crippen LogP contribution in [0.3, 0.4) is 0 Å². The molecule has 6 nitrogen and oxygen atoms in total. The van der Waals surface area contributed by atoms with Gasteiger partial charge in [0, 0.05) is 19.8 Å². The van der Waals surface area contributed by atoms with E-state index in [0.717, 1.165) is 17.1 Å². The van der Waals surface area contributed by atoms with Gasteiger partial charge in [-0.2, -0.15) is 10.2 Å². The lowest BCUT2D eigenvalue weighted by Gasteiger charge is -2.07. The van der Waals surface area contributed by atoms with Crippen LogP contribution in [0.2, 0.25) is 0 Å². The Morgan fingerprint density at radius 1 is 1.44 bits per heavy atom. The van der Waals surface area contributed by atoms with Gasteiger partial charge in [-0.05, 0) is 26.8 Å². The molecular weight excluding hydrogens is 230 g/mol. The molecule has 0 atom stereocenters. The number of hydrogen-bond acceptors (Lipinski definition) is 3. The molecule has 0 aliphatic rings. The summed E-state index contributed by atoms with van der Waals surface area (Å²) in [6.07, 6.45) is 1.63. The highest BCUT2D eigenvalue weighted by Gasteiger charge is 2.16. The maximum Gasteiger partial charge on any atom is 0.274 e. The fraction of sp³-hybridized carbons (Fsp3) is 0.417. The molecule has 0 unspecified atom stereocenters. The lowest BCUT2D eigenvalue weighted by Crippen LogP contribution is -2.18. The van der Waals surface area contributed by atoms with Crippen LogP contribution in [0.5, 0.6) is 0 Å². The van der Waals surface area contributed by atoms with E-state index >= 15 is 0 Å². The van der Waals surface area contributed by atoms with Gasteiger partial charge in [0.15, 0.2) is 0 Å². The van der Waals surface area contributed by atoms with Crippen molar-refractivity contribution < 1.29 is 4.79 Å². The summed E-state index contributed by atoms with van der Waals surface area (Å²) in [5, 5.41) is 11.2. The van der Waals surface area contributed by atoms with Gasteiger partial charge in [-0.15, -0.1) is 0 Å². The third-order valence-corrected chi connectivity index (χ3v) is 3.00. The predicted octanol–water partition coefficient (Wildman–Crippen LogP) is 1.51. The van der Waals surface area contributed by atoms with Crippen molar-refractivity contribution in [2.45, 2.75) is 27.3 Å². The summed E-state index contributed by atoms with van der Waals surface area (Å²) in [5.41, 5.74) is 3.07. The minimum absolute atomic E-state index is 0.159. The zero-order valence-corrected chi connectivity index (χ0v) is 11.1. The Labute approximate surface area is 106 Å². The van der Waals surface area contributed by atoms with Crippen LogP contribution >= 0.6 is 0 Å². The molecule has 0 saturated carbocycles. The standard InChI is InChI=1S/C12H17N5O/c1-5-17-10(6-7-13-17)12(18)14-11-8(2)15-16(4)9(11)3/h6-7H,5H2,1-4H3,(H,14,18). The van der Waals surface area contributed by atoms with E-state index in [-0.39, 0.29) is 5.91 Å². The first-order valence-corrected chi connectivity index (χ1v) is 5.88. The molecule has 2 aromatic heterocycles. The maximum absolute atomic E-state index is 12.2. The fourth-order valence-electron chi connectivity index (χ4n) is 1.91. The lowest BCUT2D eigenvalue weighted by atomic mass is 10.3. The van der Waals surface area contributed by atoms with E-state index in [4.69, 9.17) is 0 Å². The van der Waals surface area contributed by atoms with E-state index in [9.17, 15) is 4.79 Å². The normalized spacial score (nSPS) is 10.7. The van der Waals surface area contributed by atoms with Gasteiger partial charge in [-0.25, -0.2) is 0 Å². The smallest absolute Gasteiger partial charge is 0.274 e. The van der Waals surface area contributed by atoms with Crippen molar-refractivity contribution in [2.75, 3.05) is 5.32 Å². The van der Waals surface area contributed by atoms with Crippen molar-refractivity contribution in [1.29, 1.82) is 0 Å². The molecule has 0 saturated heterocycles. The number of aryl methyl sites for hydroxylation is 3. The van der Waals surface area contributed by atoms with Crippen LogP contribution in [0, 0.1) is 13.8 Å². The van der Waals surface area contributed by atoms with Gasteiger partial charge in [0.25, 0.3) is 5.91 Å². The monoisotopic (exact) mass is 247 g/mol. The van der Waals surface area contributed by atoms with Gasteiger partial charge in [0.05, 0.1) is 17.1 Å². The minimum atomic E-state index is -0.159. The molecule has 1 N–H and O–H groups in total. The van der Waals surface area contributed by atoms with Crippen LogP contribution in [0.25, 0.3) is 0 Å². The Bertz CT molecular complexity index is 581. The number of aromatic nitrogens is 4. The SMILES string of the molecule is CCn1nccc1C(=O)Nc1c(C)nn(C)c1C. The Morgan fingerprint density at radius 2 is 2.17 bits per heavy atom. The maximum atomic E-state index is 12.2. The van der Waals surface area contributed by atoms with Crippen molar-refractivity contribution in [1.82, 2.24) is 19.6 Å². The first kappa shape index (κ1) is 12.3. The summed E-state index contributed by atoms with van der Waals surface area (Å²) in [4.78, 5) is 12.2. The van der Waals surface area contributed by atoms with Gasteiger partial charge in [0.2, 0.25) is 0 Å². The first-order chi connectivity index (χ1) is 8.54. The zero-order valence-electron chi connectivity index (χ0n) is 11.1. The van der Waals surface area contributed by atoms with Crippen LogP contribution < -0.4 is 5.32 Å². The van der Waals surface area contributed by atoms with Gasteiger partial charge in [0.1, 0.15) is 5.69 Å². The molecular formula is C12H17N5O. The second-order valence-corrected chi connectivity index (χ2v) is 4.16. The molecule has 96 valence electrons. The van der Waals surface area contributed by atoms with Crippen molar-refractivity contribution >= 4 is 11.6 Å². The average Bonchev–Trinajstić information content (AvgIpc) is 2.90. The molecule has 2 heterocycles. The van der Waals surface area contributed by atoms with Crippen molar-refractivity contribution in [3.8, 4) is 0 Å². The number of anilines is 1. The highest BCUT2D eigenvalue weighted by atomic mass is 16.2. The summed E-state index contributed by atoms with van der Waals surface area (Å²) in [6, 6.07) is 1.71. The zero-order chi connectivity index (χ0) is 13.3. The fourth-order valence-corrected chi connectivity index (χ4v) is 1.91. The highest BCUT2D eigenvalue weighted by molar-refractivity contribution is 6.03. The Hall–Kier alpha value is -2.11. The molecule has 2 aromatic rings. The number of hydrogen-bond donors (Lipinski definition) is 1. The van der Waals surface area contributed by atoms with Crippen molar-refractivity contribution in [3.63, 3.8) is 0 Å². The topological polar surface area (TPSA) is 64.7 Å². The third-order valence-electron chi connectivity index (χ3n) is 3.00. The molecule has 6 heteroatoms. The second kappa shape index (κ2) is 4.64. The van der Waals surface area contributed by atoms with E-state index in [2.05, 4.69) is 15.5 Å². The molecule has 0 aliphatic carbocycles. The molecule has 0 aliphatic heterocycles. The Balaban J connectivity index is 2.27. The van der Waals surface area contributed by atoms with Gasteiger partial charge in [-0.1, -0.05) is 0 Å². The van der Waals surface area contributed by atoms with Gasteiger partial charge < -0.3 is 5.32 Å². The molecule has 18 heavy (non-hydrogen) atoms. The van der Waals surface area contributed by atoms with Crippen LogP contribution in [0.1, 0.15) is 28.8 Å². The molecule has 0 bridgehead atoms. The summed E-state index contributed by atoms with van der Waals surface area (Å²) >= 11 is 0. The van der Waals surface area contributed by atoms with Crippen LogP contribution in [0.4, 0.5) is 5.69 Å². The largest absolute Gasteiger partial charge is 0.317 e. The summed E-state index contributed by atoms with van der Waals surface area (Å²) < 4.78 is 3.42. The first-order valence-electron chi connectivity index (χ1n) is 5.88. The third kappa shape index (κ3) is 2.01. The summed E-state index contributed by atoms with van der Waals surface area (Å²) in [5.74, 6) is -0.159. The van der Waals surface area contributed by atoms with E-state index in [0.29, 0.717) is 12.2 Å². The second-order valence-electron chi connectivity index (χ2n) is 4.16. The average molecular weight is 247 g/mol. The lowest BCUT2D eigenvalue weighted by molar-refractivity contribution is 0.101. The number of amides is 1. The molecule has 0 spiro atoms. The molecule has 0 radical (unpaired) electrons. The van der Waals surface area contributed by atoms with E-state index < -0.39 is 0 Å². The quantitative estimate of drug-likeness (QED) is 0.894. The van der Waals surface area contributed by atoms with E-state index in [1.165, 1.54) is 0 Å². The van der Waals surface area contributed by atoms with Crippen molar-refractivity contribution in [2.24, 2.45) is 7.05 Å². The number of rotatable bonds is 3. The number of carbonyl (C=O) groups excluding carboxylic acids is 1. The van der Waals surface area contributed by atoms with Crippen LogP contribution in [-0.2, 0) is 13.6 Å². The molecule has 1 amide bonds. The minimum Gasteiger partial charge on any atom is -0.317 e. The molecule has 0 fully saturated rings. The highest BCUT2D eigenvalue weighted by Crippen LogP contribution is 2.19. The van der Waals surface area contributed by atoms with Gasteiger partial charge in [-0.3, -0.25) is 14.2 Å². The Morgan fingerprint density at radius 3 is 2.72 bits per heavy atom. The van der Waals surface area contributed by atoms with Gasteiger partial charge >= 0.3 is 0 Å². The summed E-state index contributed by atoms with van der Waals surface area (Å²) in [6.45, 7) is 6.41. The van der Waals surface area contributed by atoms with Crippen LogP contribution in [-0.4, -0.2) is 25.5 Å². The molecule has 0 aromatic carbocycles. The van der Waals surface area contributed by atoms with E-state index in [1.807, 2.05) is 27.8 Å². The summed E-state index contributed by atoms with van der Waals surface area (Å²) in [7, 11) is 1.86. The predicted molar refractivity (Wildman–Crippen MR) is 68.5 cm³/mol. The van der Waals surface area contributed by atoms with Crippen molar-refractivity contribution in [3.05, 3.63) is 29.3 Å².